The fourth-order valence-electron chi connectivity index (χ4n) is 3.26. The second-order valence-electron chi connectivity index (χ2n) is 6.88. The van der Waals surface area contributed by atoms with E-state index in [1.807, 2.05) is 18.2 Å². The molecule has 1 aliphatic rings. The van der Waals surface area contributed by atoms with Gasteiger partial charge in [-0.25, -0.2) is 0 Å². The number of nitrogen functional groups attached to an aromatic ring is 1. The van der Waals surface area contributed by atoms with Crippen molar-refractivity contribution in [3.63, 3.8) is 0 Å². The maximum Gasteiger partial charge on any atom is 0.247 e. The largest absolute Gasteiger partial charge is 0.493 e. The number of alkyl halides is 1. The molecule has 3 heterocycles. The molecule has 0 radical (unpaired) electrons. The SMILES string of the molecule is COc1cc(-c2nnc(-n3nc(N4CCCCC4)nc3N)s2)ccc1OCCCBr. The number of hydrogen-bond donors (Lipinski definition) is 1. The summed E-state index contributed by atoms with van der Waals surface area (Å²) in [6, 6.07) is 5.74. The summed E-state index contributed by atoms with van der Waals surface area (Å²) >= 11 is 4.80. The molecule has 30 heavy (non-hydrogen) atoms. The Morgan fingerprint density at radius 1 is 1.17 bits per heavy atom. The van der Waals surface area contributed by atoms with E-state index in [4.69, 9.17) is 15.2 Å². The summed E-state index contributed by atoms with van der Waals surface area (Å²) in [6.45, 7) is 2.53. The Balaban J connectivity index is 1.55. The predicted molar refractivity (Wildman–Crippen MR) is 121 cm³/mol. The van der Waals surface area contributed by atoms with E-state index in [2.05, 4.69) is 41.1 Å². The third-order valence-electron chi connectivity index (χ3n) is 4.80. The lowest BCUT2D eigenvalue weighted by Crippen LogP contribution is -2.30. The second kappa shape index (κ2) is 9.61. The molecular formula is C19H24BrN7O2S. The van der Waals surface area contributed by atoms with Gasteiger partial charge < -0.3 is 20.1 Å². The summed E-state index contributed by atoms with van der Waals surface area (Å²) in [7, 11) is 1.63. The van der Waals surface area contributed by atoms with Crippen LogP contribution in [0.5, 0.6) is 11.5 Å². The highest BCUT2D eigenvalue weighted by molar-refractivity contribution is 9.09. The van der Waals surface area contributed by atoms with Crippen molar-refractivity contribution in [2.75, 3.05) is 42.8 Å². The van der Waals surface area contributed by atoms with Crippen LogP contribution in [0.25, 0.3) is 15.7 Å². The van der Waals surface area contributed by atoms with E-state index >= 15 is 0 Å². The van der Waals surface area contributed by atoms with Crippen LogP contribution in [0.1, 0.15) is 25.7 Å². The van der Waals surface area contributed by atoms with Crippen LogP contribution in [0, 0.1) is 0 Å². The third kappa shape index (κ3) is 4.51. The quantitative estimate of drug-likeness (QED) is 0.375. The zero-order valence-corrected chi connectivity index (χ0v) is 19.2. The van der Waals surface area contributed by atoms with Crippen LogP contribution in [0.4, 0.5) is 11.9 Å². The molecule has 1 fully saturated rings. The van der Waals surface area contributed by atoms with Crippen molar-refractivity contribution in [3.8, 4) is 27.2 Å². The van der Waals surface area contributed by atoms with Crippen LogP contribution in [0.2, 0.25) is 0 Å². The lowest BCUT2D eigenvalue weighted by molar-refractivity contribution is 0.295. The number of piperidine rings is 1. The van der Waals surface area contributed by atoms with E-state index in [0.717, 1.165) is 48.3 Å². The second-order valence-corrected chi connectivity index (χ2v) is 8.62. The number of anilines is 2. The lowest BCUT2D eigenvalue weighted by Gasteiger charge is -2.24. The van der Waals surface area contributed by atoms with Crippen molar-refractivity contribution in [3.05, 3.63) is 18.2 Å². The molecule has 1 aromatic carbocycles. The van der Waals surface area contributed by atoms with E-state index in [0.29, 0.717) is 35.1 Å². The number of rotatable bonds is 8. The molecule has 11 heteroatoms. The van der Waals surface area contributed by atoms with Gasteiger partial charge in [0.05, 0.1) is 13.7 Å². The van der Waals surface area contributed by atoms with E-state index < -0.39 is 0 Å². The Labute approximate surface area is 187 Å². The molecular weight excluding hydrogens is 470 g/mol. The maximum absolute atomic E-state index is 6.11. The Hall–Kier alpha value is -2.40. The number of benzene rings is 1. The van der Waals surface area contributed by atoms with E-state index in [-0.39, 0.29) is 0 Å². The molecule has 0 saturated carbocycles. The molecule has 0 aliphatic carbocycles. The number of ether oxygens (including phenoxy) is 2. The Kier molecular flexibility index (Phi) is 6.68. The van der Waals surface area contributed by atoms with Crippen molar-refractivity contribution in [1.29, 1.82) is 0 Å². The van der Waals surface area contributed by atoms with Crippen molar-refractivity contribution in [1.82, 2.24) is 25.0 Å². The fourth-order valence-corrected chi connectivity index (χ4v) is 4.29. The van der Waals surface area contributed by atoms with Gasteiger partial charge in [-0.15, -0.1) is 15.3 Å². The average Bonchev–Trinajstić information content (AvgIpc) is 3.41. The fraction of sp³-hybridized carbons (Fsp3) is 0.474. The van der Waals surface area contributed by atoms with Gasteiger partial charge in [0.25, 0.3) is 0 Å². The number of hydrogen-bond acceptors (Lipinski definition) is 9. The van der Waals surface area contributed by atoms with E-state index in [1.165, 1.54) is 17.8 Å². The van der Waals surface area contributed by atoms with Gasteiger partial charge in [0.1, 0.15) is 5.01 Å². The number of nitrogens with two attached hydrogens (primary N) is 1. The zero-order valence-electron chi connectivity index (χ0n) is 16.8. The van der Waals surface area contributed by atoms with Crippen molar-refractivity contribution in [2.24, 2.45) is 0 Å². The van der Waals surface area contributed by atoms with Crippen molar-refractivity contribution in [2.45, 2.75) is 25.7 Å². The van der Waals surface area contributed by atoms with Crippen LogP contribution in [0.3, 0.4) is 0 Å². The molecule has 2 aromatic heterocycles. The van der Waals surface area contributed by atoms with Crippen LogP contribution in [0.15, 0.2) is 18.2 Å². The molecule has 4 rings (SSSR count). The smallest absolute Gasteiger partial charge is 0.247 e. The minimum atomic E-state index is 0.311. The van der Waals surface area contributed by atoms with E-state index in [1.54, 1.807) is 11.8 Å². The molecule has 9 nitrogen and oxygen atoms in total. The summed E-state index contributed by atoms with van der Waals surface area (Å²) in [6.07, 6.45) is 4.46. The summed E-state index contributed by atoms with van der Waals surface area (Å²) in [4.78, 5) is 6.59. The molecule has 0 bridgehead atoms. The lowest BCUT2D eigenvalue weighted by atomic mass is 10.1. The standard InChI is InChI=1S/C19H24BrN7O2S/c1-28-15-12-13(6-7-14(15)29-11-5-8-20)16-23-24-19(30-16)27-17(21)22-18(25-27)26-9-3-2-4-10-26/h6-7,12H,2-5,8-11H2,1H3,(H2,21,22,25). The minimum Gasteiger partial charge on any atom is -0.493 e. The van der Waals surface area contributed by atoms with Crippen LogP contribution in [-0.4, -0.2) is 57.1 Å². The van der Waals surface area contributed by atoms with Gasteiger partial charge in [0.15, 0.2) is 11.5 Å². The van der Waals surface area contributed by atoms with Crippen LogP contribution >= 0.6 is 27.3 Å². The molecule has 3 aromatic rings. The Morgan fingerprint density at radius 3 is 2.77 bits per heavy atom. The monoisotopic (exact) mass is 493 g/mol. The van der Waals surface area contributed by atoms with Crippen LogP contribution < -0.4 is 20.1 Å². The highest BCUT2D eigenvalue weighted by Gasteiger charge is 2.20. The summed E-state index contributed by atoms with van der Waals surface area (Å²) in [5.74, 6) is 2.33. The minimum absolute atomic E-state index is 0.311. The highest BCUT2D eigenvalue weighted by Crippen LogP contribution is 2.34. The first-order chi connectivity index (χ1) is 14.7. The van der Waals surface area contributed by atoms with Gasteiger partial charge in [-0.05, 0) is 43.9 Å². The number of methoxy groups -OCH3 is 1. The maximum atomic E-state index is 6.11. The predicted octanol–water partition coefficient (Wildman–Crippen LogP) is 3.53. The first-order valence-corrected chi connectivity index (χ1v) is 11.8. The first kappa shape index (κ1) is 20.9. The van der Waals surface area contributed by atoms with Gasteiger partial charge in [0.2, 0.25) is 17.0 Å². The molecule has 0 amide bonds. The molecule has 0 unspecified atom stereocenters. The number of nitrogens with zero attached hydrogens (tertiary/aromatic N) is 6. The zero-order chi connectivity index (χ0) is 20.9. The number of aromatic nitrogens is 5. The first-order valence-electron chi connectivity index (χ1n) is 9.88. The normalized spacial score (nSPS) is 14.1. The van der Waals surface area contributed by atoms with E-state index in [9.17, 15) is 0 Å². The van der Waals surface area contributed by atoms with Gasteiger partial charge in [-0.3, -0.25) is 0 Å². The highest BCUT2D eigenvalue weighted by atomic mass is 79.9. The van der Waals surface area contributed by atoms with Crippen molar-refractivity contribution >= 4 is 39.2 Å². The molecule has 0 spiro atoms. The van der Waals surface area contributed by atoms with Gasteiger partial charge >= 0.3 is 0 Å². The summed E-state index contributed by atoms with van der Waals surface area (Å²) in [5.41, 5.74) is 7.00. The molecule has 160 valence electrons. The van der Waals surface area contributed by atoms with Crippen molar-refractivity contribution < 1.29 is 9.47 Å². The van der Waals surface area contributed by atoms with Gasteiger partial charge in [0, 0.05) is 24.0 Å². The van der Waals surface area contributed by atoms with Crippen LogP contribution in [-0.2, 0) is 0 Å². The summed E-state index contributed by atoms with van der Waals surface area (Å²) in [5, 5.41) is 15.4. The average molecular weight is 494 g/mol. The topological polar surface area (TPSA) is 104 Å². The van der Waals surface area contributed by atoms with Gasteiger partial charge in [-0.1, -0.05) is 27.3 Å². The summed E-state index contributed by atoms with van der Waals surface area (Å²) < 4.78 is 12.8. The molecule has 1 saturated heterocycles. The molecule has 0 atom stereocenters. The van der Waals surface area contributed by atoms with Gasteiger partial charge in [-0.2, -0.15) is 9.67 Å². The Morgan fingerprint density at radius 2 is 2.00 bits per heavy atom. The third-order valence-corrected chi connectivity index (χ3v) is 6.31. The Bertz CT molecular complexity index is 987. The molecule has 2 N–H and O–H groups in total. The number of halogens is 1. The molecule has 1 aliphatic heterocycles.